The van der Waals surface area contributed by atoms with Crippen molar-refractivity contribution < 1.29 is 8.42 Å². The molecule has 0 spiro atoms. The Bertz CT molecular complexity index is 341. The summed E-state index contributed by atoms with van der Waals surface area (Å²) in [6.45, 7) is 8.48. The summed E-state index contributed by atoms with van der Waals surface area (Å²) in [6.07, 6.45) is 2.42. The number of nitrogens with one attached hydrogen (secondary N) is 1. The standard InChI is InChI=1S/C13H28N2O2S/c1-11(2)18(16,17)9-8-15-7-5-6-13(10-15)12(3)14-4/h11-14H,5-10H2,1-4H3. The average molecular weight is 276 g/mol. The minimum Gasteiger partial charge on any atom is -0.317 e. The van der Waals surface area contributed by atoms with Crippen LogP contribution in [0.5, 0.6) is 0 Å². The first-order chi connectivity index (χ1) is 8.36. The van der Waals surface area contributed by atoms with Crippen molar-refractivity contribution in [2.45, 2.75) is 44.9 Å². The summed E-state index contributed by atoms with van der Waals surface area (Å²) in [6, 6.07) is 0.509. The average Bonchev–Trinajstić information content (AvgIpc) is 2.35. The molecule has 4 nitrogen and oxygen atoms in total. The van der Waals surface area contributed by atoms with Crippen LogP contribution in [0.25, 0.3) is 0 Å². The lowest BCUT2D eigenvalue weighted by molar-refractivity contribution is 0.160. The summed E-state index contributed by atoms with van der Waals surface area (Å²) in [7, 11) is -0.905. The molecule has 0 aromatic heterocycles. The molecule has 0 radical (unpaired) electrons. The van der Waals surface area contributed by atoms with E-state index in [0.29, 0.717) is 24.3 Å². The molecule has 5 heteroatoms. The summed E-state index contributed by atoms with van der Waals surface area (Å²) in [5, 5.41) is 3.05. The fourth-order valence-corrected chi connectivity index (χ4v) is 3.41. The number of sulfone groups is 1. The molecule has 1 aliphatic rings. The summed E-state index contributed by atoms with van der Waals surface area (Å²) in [5.74, 6) is 0.941. The van der Waals surface area contributed by atoms with Gasteiger partial charge < -0.3 is 10.2 Å². The minimum absolute atomic E-state index is 0.255. The largest absolute Gasteiger partial charge is 0.317 e. The van der Waals surface area contributed by atoms with Crippen LogP contribution in [0.1, 0.15) is 33.6 Å². The van der Waals surface area contributed by atoms with Crippen LogP contribution in [-0.2, 0) is 9.84 Å². The van der Waals surface area contributed by atoms with Crippen molar-refractivity contribution in [1.29, 1.82) is 0 Å². The predicted octanol–water partition coefficient (Wildman–Crippen LogP) is 1.13. The highest BCUT2D eigenvalue weighted by Crippen LogP contribution is 2.19. The monoisotopic (exact) mass is 276 g/mol. The second-order valence-electron chi connectivity index (χ2n) is 5.70. The summed E-state index contributed by atoms with van der Waals surface area (Å²) < 4.78 is 23.6. The molecule has 0 aliphatic carbocycles. The normalized spacial score (nSPS) is 24.4. The highest BCUT2D eigenvalue weighted by molar-refractivity contribution is 7.92. The molecule has 108 valence electrons. The van der Waals surface area contributed by atoms with E-state index in [2.05, 4.69) is 17.1 Å². The third-order valence-electron chi connectivity index (χ3n) is 4.11. The Balaban J connectivity index is 2.44. The van der Waals surface area contributed by atoms with Crippen molar-refractivity contribution in [3.8, 4) is 0 Å². The molecule has 2 unspecified atom stereocenters. The van der Waals surface area contributed by atoms with E-state index >= 15 is 0 Å². The lowest BCUT2D eigenvalue weighted by Crippen LogP contribution is -2.45. The van der Waals surface area contributed by atoms with Crippen molar-refractivity contribution >= 4 is 9.84 Å². The van der Waals surface area contributed by atoms with E-state index < -0.39 is 9.84 Å². The van der Waals surface area contributed by atoms with E-state index in [1.165, 1.54) is 12.8 Å². The Hall–Kier alpha value is -0.130. The van der Waals surface area contributed by atoms with Gasteiger partial charge in [-0.3, -0.25) is 0 Å². The number of piperidine rings is 1. The molecule has 1 heterocycles. The van der Waals surface area contributed by atoms with Gasteiger partial charge in [0.25, 0.3) is 0 Å². The first-order valence-corrected chi connectivity index (χ1v) is 8.69. The van der Waals surface area contributed by atoms with Gasteiger partial charge in [0.05, 0.1) is 11.0 Å². The van der Waals surface area contributed by atoms with Gasteiger partial charge in [-0.25, -0.2) is 8.42 Å². The molecular formula is C13H28N2O2S. The van der Waals surface area contributed by atoms with E-state index in [4.69, 9.17) is 0 Å². The number of nitrogens with zero attached hydrogens (tertiary/aromatic N) is 1. The van der Waals surface area contributed by atoms with Gasteiger partial charge in [0, 0.05) is 19.1 Å². The summed E-state index contributed by atoms with van der Waals surface area (Å²) >= 11 is 0. The van der Waals surface area contributed by atoms with Crippen LogP contribution in [0, 0.1) is 5.92 Å². The summed E-state index contributed by atoms with van der Waals surface area (Å²) in [5.41, 5.74) is 0. The molecule has 1 N–H and O–H groups in total. The second-order valence-corrected chi connectivity index (χ2v) is 8.37. The van der Waals surface area contributed by atoms with E-state index in [-0.39, 0.29) is 5.25 Å². The Morgan fingerprint density at radius 1 is 1.33 bits per heavy atom. The van der Waals surface area contributed by atoms with Gasteiger partial charge in [0.2, 0.25) is 0 Å². The number of rotatable bonds is 6. The predicted molar refractivity (Wildman–Crippen MR) is 76.6 cm³/mol. The van der Waals surface area contributed by atoms with Crippen LogP contribution in [0.3, 0.4) is 0 Å². The molecule has 1 fully saturated rings. The van der Waals surface area contributed by atoms with Crippen LogP contribution in [-0.4, -0.2) is 57.0 Å². The molecule has 0 aromatic carbocycles. The third-order valence-corrected chi connectivity index (χ3v) is 6.30. The zero-order valence-electron chi connectivity index (χ0n) is 12.1. The smallest absolute Gasteiger partial charge is 0.153 e. The van der Waals surface area contributed by atoms with Crippen LogP contribution in [0.15, 0.2) is 0 Å². The van der Waals surface area contributed by atoms with Gasteiger partial charge in [-0.2, -0.15) is 0 Å². The molecule has 0 bridgehead atoms. The molecule has 1 rings (SSSR count). The lowest BCUT2D eigenvalue weighted by atomic mass is 9.92. The van der Waals surface area contributed by atoms with Gasteiger partial charge in [-0.05, 0) is 53.1 Å². The van der Waals surface area contributed by atoms with Crippen molar-refractivity contribution in [3.63, 3.8) is 0 Å². The van der Waals surface area contributed by atoms with Crippen molar-refractivity contribution in [2.24, 2.45) is 5.92 Å². The van der Waals surface area contributed by atoms with E-state index in [0.717, 1.165) is 13.1 Å². The van der Waals surface area contributed by atoms with E-state index in [1.807, 2.05) is 7.05 Å². The van der Waals surface area contributed by atoms with Gasteiger partial charge in [0.15, 0.2) is 9.84 Å². The maximum Gasteiger partial charge on any atom is 0.153 e. The van der Waals surface area contributed by atoms with Gasteiger partial charge in [0.1, 0.15) is 0 Å². The fourth-order valence-electron chi connectivity index (χ4n) is 2.43. The molecule has 0 amide bonds. The van der Waals surface area contributed by atoms with Gasteiger partial charge in [-0.15, -0.1) is 0 Å². The van der Waals surface area contributed by atoms with Crippen molar-refractivity contribution in [2.75, 3.05) is 32.4 Å². The van der Waals surface area contributed by atoms with Crippen molar-refractivity contribution in [3.05, 3.63) is 0 Å². The molecule has 2 atom stereocenters. The molecule has 0 aromatic rings. The Kier molecular flexibility index (Phi) is 6.08. The van der Waals surface area contributed by atoms with E-state index in [1.54, 1.807) is 13.8 Å². The SMILES string of the molecule is CNC(C)C1CCCN(CCS(=O)(=O)C(C)C)C1. The highest BCUT2D eigenvalue weighted by atomic mass is 32.2. The Morgan fingerprint density at radius 2 is 2.00 bits per heavy atom. The first kappa shape index (κ1) is 15.9. The van der Waals surface area contributed by atoms with Crippen LogP contribution >= 0.6 is 0 Å². The summed E-state index contributed by atoms with van der Waals surface area (Å²) in [4.78, 5) is 2.31. The first-order valence-electron chi connectivity index (χ1n) is 6.98. The zero-order chi connectivity index (χ0) is 13.8. The lowest BCUT2D eigenvalue weighted by Gasteiger charge is -2.35. The number of likely N-dealkylation sites (tertiary alicyclic amines) is 1. The molecule has 0 saturated carbocycles. The topological polar surface area (TPSA) is 49.4 Å². The van der Waals surface area contributed by atoms with Crippen molar-refractivity contribution in [1.82, 2.24) is 10.2 Å². The third kappa shape index (κ3) is 4.52. The molecular weight excluding hydrogens is 248 g/mol. The Labute approximate surface area is 112 Å². The minimum atomic E-state index is -2.90. The second kappa shape index (κ2) is 6.87. The Morgan fingerprint density at radius 3 is 2.56 bits per heavy atom. The highest BCUT2D eigenvalue weighted by Gasteiger charge is 2.25. The zero-order valence-corrected chi connectivity index (χ0v) is 13.0. The van der Waals surface area contributed by atoms with Gasteiger partial charge >= 0.3 is 0 Å². The van der Waals surface area contributed by atoms with Gasteiger partial charge in [-0.1, -0.05) is 0 Å². The molecule has 1 aliphatic heterocycles. The number of hydrogen-bond donors (Lipinski definition) is 1. The van der Waals surface area contributed by atoms with E-state index in [9.17, 15) is 8.42 Å². The van der Waals surface area contributed by atoms with Crippen LogP contribution < -0.4 is 5.32 Å². The molecule has 18 heavy (non-hydrogen) atoms. The molecule has 1 saturated heterocycles. The maximum absolute atomic E-state index is 11.8. The quantitative estimate of drug-likeness (QED) is 0.790. The fraction of sp³-hybridized carbons (Fsp3) is 1.00. The number of hydrogen-bond acceptors (Lipinski definition) is 4. The van der Waals surface area contributed by atoms with Crippen LogP contribution in [0.4, 0.5) is 0 Å². The van der Waals surface area contributed by atoms with Crippen LogP contribution in [0.2, 0.25) is 0 Å². The maximum atomic E-state index is 11.8.